The summed E-state index contributed by atoms with van der Waals surface area (Å²) in [6.45, 7) is 1.61. The zero-order chi connectivity index (χ0) is 21.6. The van der Waals surface area contributed by atoms with E-state index in [9.17, 15) is 14.4 Å². The summed E-state index contributed by atoms with van der Waals surface area (Å²) < 4.78 is 0. The quantitative estimate of drug-likeness (QED) is 0.613. The second kappa shape index (κ2) is 7.50. The van der Waals surface area contributed by atoms with Gasteiger partial charge in [0.15, 0.2) is 0 Å². The van der Waals surface area contributed by atoms with Crippen LogP contribution in [0.25, 0.3) is 10.8 Å². The van der Waals surface area contributed by atoms with Crippen LogP contribution in [0.4, 0.5) is 4.79 Å². The number of hydrogen-bond acceptors (Lipinski definition) is 4. The molecule has 5 rings (SSSR count). The minimum Gasteiger partial charge on any atom is -0.348 e. The van der Waals surface area contributed by atoms with Crippen molar-refractivity contribution in [2.45, 2.75) is 37.8 Å². The summed E-state index contributed by atoms with van der Waals surface area (Å²) in [6.07, 6.45) is 2.31. The van der Waals surface area contributed by atoms with Gasteiger partial charge in [0, 0.05) is 10.4 Å². The first-order valence-electron chi connectivity index (χ1n) is 10.5. The van der Waals surface area contributed by atoms with E-state index in [4.69, 9.17) is 0 Å². The Bertz CT molecular complexity index is 1200. The molecule has 31 heavy (non-hydrogen) atoms. The predicted octanol–water partition coefficient (Wildman–Crippen LogP) is 3.86. The summed E-state index contributed by atoms with van der Waals surface area (Å²) in [4.78, 5) is 40.8. The minimum atomic E-state index is -1.02. The van der Waals surface area contributed by atoms with Crippen molar-refractivity contribution >= 4 is 40.0 Å². The van der Waals surface area contributed by atoms with Gasteiger partial charge in [0.2, 0.25) is 5.91 Å². The van der Waals surface area contributed by atoms with Crippen molar-refractivity contribution in [3.8, 4) is 0 Å². The van der Waals surface area contributed by atoms with E-state index in [2.05, 4.69) is 10.6 Å². The Morgan fingerprint density at radius 3 is 2.84 bits per heavy atom. The summed E-state index contributed by atoms with van der Waals surface area (Å²) in [6, 6.07) is 15.3. The van der Waals surface area contributed by atoms with Gasteiger partial charge in [0.25, 0.3) is 5.91 Å². The van der Waals surface area contributed by atoms with E-state index in [1.54, 1.807) is 11.3 Å². The van der Waals surface area contributed by atoms with Crippen molar-refractivity contribution in [1.82, 2.24) is 15.5 Å². The monoisotopic (exact) mass is 433 g/mol. The second-order valence-corrected chi connectivity index (χ2v) is 9.23. The lowest BCUT2D eigenvalue weighted by Crippen LogP contribution is -2.47. The van der Waals surface area contributed by atoms with Gasteiger partial charge in [0.05, 0.1) is 6.04 Å². The third kappa shape index (κ3) is 3.29. The molecule has 0 saturated carbocycles. The maximum absolute atomic E-state index is 13.3. The Morgan fingerprint density at radius 1 is 1.19 bits per heavy atom. The van der Waals surface area contributed by atoms with Crippen molar-refractivity contribution in [2.75, 3.05) is 6.54 Å². The number of carbonyl (C=O) groups excluding carboxylic acids is 3. The predicted molar refractivity (Wildman–Crippen MR) is 120 cm³/mol. The molecule has 7 heteroatoms. The molecule has 2 heterocycles. The van der Waals surface area contributed by atoms with Crippen molar-refractivity contribution in [2.24, 2.45) is 0 Å². The molecule has 1 aliphatic heterocycles. The summed E-state index contributed by atoms with van der Waals surface area (Å²) in [5, 5.41) is 10.00. The highest BCUT2D eigenvalue weighted by atomic mass is 32.1. The van der Waals surface area contributed by atoms with Crippen LogP contribution in [0.3, 0.4) is 0 Å². The van der Waals surface area contributed by atoms with Gasteiger partial charge in [-0.25, -0.2) is 4.79 Å². The van der Waals surface area contributed by atoms with Gasteiger partial charge in [-0.15, -0.1) is 11.3 Å². The molecule has 1 fully saturated rings. The number of carbonyl (C=O) groups is 3. The molecular weight excluding hydrogens is 410 g/mol. The lowest BCUT2D eigenvalue weighted by Gasteiger charge is -2.31. The standard InChI is InChI=1S/C24H23N3O3S/c1-15(17-9-8-16-5-2-3-6-18(16)13-17)25-21(28)14-27-22(29)24(26-23(27)30)11-4-7-20-19(24)10-12-31-20/h2-3,5-6,8-10,12-13,15H,4,7,11,14H2,1H3,(H,25,28)(H,26,30). The third-order valence-electron chi connectivity index (χ3n) is 6.29. The number of aryl methyl sites for hydroxylation is 1. The third-order valence-corrected chi connectivity index (χ3v) is 7.27. The lowest BCUT2D eigenvalue weighted by atomic mass is 9.80. The normalized spacial score (nSPS) is 21.3. The Balaban J connectivity index is 1.30. The highest BCUT2D eigenvalue weighted by Crippen LogP contribution is 2.42. The number of nitrogens with zero attached hydrogens (tertiary/aromatic N) is 1. The Morgan fingerprint density at radius 2 is 2.00 bits per heavy atom. The fourth-order valence-electron chi connectivity index (χ4n) is 4.68. The number of rotatable bonds is 4. The number of fused-ring (bicyclic) bond motifs is 3. The van der Waals surface area contributed by atoms with Crippen molar-refractivity contribution in [3.05, 3.63) is 69.9 Å². The van der Waals surface area contributed by atoms with E-state index in [1.165, 1.54) is 0 Å². The molecule has 158 valence electrons. The summed E-state index contributed by atoms with van der Waals surface area (Å²) in [5.41, 5.74) is 0.833. The van der Waals surface area contributed by atoms with E-state index in [1.807, 2.05) is 60.8 Å². The molecule has 2 aliphatic rings. The maximum atomic E-state index is 13.3. The molecule has 1 saturated heterocycles. The smallest absolute Gasteiger partial charge is 0.325 e. The summed E-state index contributed by atoms with van der Waals surface area (Å²) >= 11 is 1.61. The topological polar surface area (TPSA) is 78.5 Å². The van der Waals surface area contributed by atoms with Crippen molar-refractivity contribution in [1.29, 1.82) is 0 Å². The van der Waals surface area contributed by atoms with E-state index < -0.39 is 11.6 Å². The van der Waals surface area contributed by atoms with Crippen LogP contribution in [0.2, 0.25) is 0 Å². The van der Waals surface area contributed by atoms with Gasteiger partial charge >= 0.3 is 6.03 Å². The van der Waals surface area contributed by atoms with Crippen LogP contribution >= 0.6 is 11.3 Å². The molecule has 1 aromatic heterocycles. The SMILES string of the molecule is CC(NC(=O)CN1C(=O)NC2(CCCc3sccc32)C1=O)c1ccc2ccccc2c1. The van der Waals surface area contributed by atoms with E-state index >= 15 is 0 Å². The van der Waals surface area contributed by atoms with Gasteiger partial charge < -0.3 is 10.6 Å². The molecule has 0 bridgehead atoms. The second-order valence-electron chi connectivity index (χ2n) is 8.23. The van der Waals surface area contributed by atoms with Crippen LogP contribution < -0.4 is 10.6 Å². The van der Waals surface area contributed by atoms with Gasteiger partial charge in [-0.2, -0.15) is 0 Å². The van der Waals surface area contributed by atoms with Crippen molar-refractivity contribution < 1.29 is 14.4 Å². The van der Waals surface area contributed by atoms with Crippen LogP contribution in [0.5, 0.6) is 0 Å². The number of urea groups is 1. The van der Waals surface area contributed by atoms with Gasteiger partial charge in [-0.05, 0) is 60.0 Å². The fraction of sp³-hybridized carbons (Fsp3) is 0.292. The largest absolute Gasteiger partial charge is 0.348 e. The van der Waals surface area contributed by atoms with Crippen LogP contribution in [-0.2, 0) is 21.5 Å². The van der Waals surface area contributed by atoms with Gasteiger partial charge in [-0.3, -0.25) is 14.5 Å². The van der Waals surface area contributed by atoms with Crippen LogP contribution in [-0.4, -0.2) is 29.3 Å². The highest BCUT2D eigenvalue weighted by Gasteiger charge is 2.54. The Kier molecular flexibility index (Phi) is 4.78. The number of amides is 4. The average Bonchev–Trinajstić information content (AvgIpc) is 3.34. The molecule has 1 spiro atoms. The van der Waals surface area contributed by atoms with Crippen LogP contribution in [0, 0.1) is 0 Å². The molecule has 0 radical (unpaired) electrons. The van der Waals surface area contributed by atoms with Crippen LogP contribution in [0.15, 0.2) is 53.9 Å². The van der Waals surface area contributed by atoms with E-state index in [-0.39, 0.29) is 24.4 Å². The van der Waals surface area contributed by atoms with Gasteiger partial charge in [0.1, 0.15) is 12.1 Å². The molecule has 2 atom stereocenters. The first-order chi connectivity index (χ1) is 15.0. The van der Waals surface area contributed by atoms with Crippen molar-refractivity contribution in [3.63, 3.8) is 0 Å². The zero-order valence-electron chi connectivity index (χ0n) is 17.2. The molecule has 3 aromatic rings. The Labute approximate surface area is 184 Å². The summed E-state index contributed by atoms with van der Waals surface area (Å²) in [5.74, 6) is -0.687. The fourth-order valence-corrected chi connectivity index (χ4v) is 5.68. The van der Waals surface area contributed by atoms with E-state index in [0.717, 1.165) is 44.5 Å². The number of benzene rings is 2. The molecule has 2 N–H and O–H groups in total. The first-order valence-corrected chi connectivity index (χ1v) is 11.3. The number of imide groups is 1. The first kappa shape index (κ1) is 19.8. The molecule has 1 aliphatic carbocycles. The zero-order valence-corrected chi connectivity index (χ0v) is 18.0. The number of nitrogens with one attached hydrogen (secondary N) is 2. The van der Waals surface area contributed by atoms with Gasteiger partial charge in [-0.1, -0.05) is 36.4 Å². The molecule has 2 aromatic carbocycles. The average molecular weight is 434 g/mol. The Hall–Kier alpha value is -3.19. The maximum Gasteiger partial charge on any atom is 0.325 e. The van der Waals surface area contributed by atoms with E-state index in [0.29, 0.717) is 6.42 Å². The molecule has 4 amide bonds. The summed E-state index contributed by atoms with van der Waals surface area (Å²) in [7, 11) is 0. The number of thiophene rings is 1. The molecule has 2 unspecified atom stereocenters. The molecular formula is C24H23N3O3S. The highest BCUT2D eigenvalue weighted by molar-refractivity contribution is 7.10. The number of hydrogen-bond donors (Lipinski definition) is 2. The van der Waals surface area contributed by atoms with Crippen LogP contribution in [0.1, 0.15) is 41.8 Å². The molecule has 6 nitrogen and oxygen atoms in total. The minimum absolute atomic E-state index is 0.245. The lowest BCUT2D eigenvalue weighted by molar-refractivity contribution is -0.135.